The molecule has 2 heterocycles. The minimum absolute atomic E-state index is 0.0235. The highest BCUT2D eigenvalue weighted by molar-refractivity contribution is 7.13. The summed E-state index contributed by atoms with van der Waals surface area (Å²) in [7, 11) is 3.02. The van der Waals surface area contributed by atoms with E-state index < -0.39 is 23.5 Å². The average molecular weight is 449 g/mol. The molecule has 3 aromatic rings. The third kappa shape index (κ3) is 3.88. The van der Waals surface area contributed by atoms with E-state index in [1.807, 2.05) is 30.3 Å². The van der Waals surface area contributed by atoms with Gasteiger partial charge in [-0.3, -0.25) is 14.5 Å². The molecule has 1 aliphatic rings. The van der Waals surface area contributed by atoms with Crippen LogP contribution in [0, 0.1) is 0 Å². The van der Waals surface area contributed by atoms with Gasteiger partial charge in [-0.25, -0.2) is 4.98 Å². The predicted octanol–water partition coefficient (Wildman–Crippen LogP) is 4.34. The molecule has 1 amide bonds. The molecule has 0 saturated heterocycles. The highest BCUT2D eigenvalue weighted by Gasteiger charge is 2.45. The minimum Gasteiger partial charge on any atom is -0.503 e. The maximum absolute atomic E-state index is 13.2. The zero-order valence-electron chi connectivity index (χ0n) is 17.4. The fourth-order valence-electron chi connectivity index (χ4n) is 3.55. The Morgan fingerprint density at radius 2 is 1.88 bits per heavy atom. The van der Waals surface area contributed by atoms with Gasteiger partial charge >= 0.3 is 0 Å². The van der Waals surface area contributed by atoms with Crippen molar-refractivity contribution in [3.05, 3.63) is 88.6 Å². The Morgan fingerprint density at radius 3 is 2.53 bits per heavy atom. The van der Waals surface area contributed by atoms with E-state index in [0.717, 1.165) is 5.56 Å². The van der Waals surface area contributed by atoms with Crippen molar-refractivity contribution in [2.24, 2.45) is 0 Å². The third-order valence-corrected chi connectivity index (χ3v) is 5.82. The number of methoxy groups -OCH3 is 2. The molecule has 32 heavy (non-hydrogen) atoms. The van der Waals surface area contributed by atoms with Crippen molar-refractivity contribution in [2.75, 3.05) is 19.1 Å². The van der Waals surface area contributed by atoms with E-state index >= 15 is 0 Å². The maximum Gasteiger partial charge on any atom is 0.296 e. The Hall–Kier alpha value is -3.91. The van der Waals surface area contributed by atoms with Crippen molar-refractivity contribution in [3.8, 4) is 11.5 Å². The number of benzene rings is 2. The minimum atomic E-state index is -0.874. The first-order chi connectivity index (χ1) is 15.5. The van der Waals surface area contributed by atoms with Gasteiger partial charge in [-0.05, 0) is 29.3 Å². The Morgan fingerprint density at radius 1 is 1.12 bits per heavy atom. The first-order valence-corrected chi connectivity index (χ1v) is 10.6. The van der Waals surface area contributed by atoms with Crippen molar-refractivity contribution in [2.45, 2.75) is 6.04 Å². The van der Waals surface area contributed by atoms with E-state index in [-0.39, 0.29) is 5.57 Å². The van der Waals surface area contributed by atoms with Crippen LogP contribution in [-0.4, -0.2) is 36.0 Å². The molecule has 4 rings (SSSR count). The van der Waals surface area contributed by atoms with Crippen LogP contribution in [0.1, 0.15) is 17.2 Å². The Bertz CT molecular complexity index is 1200. The van der Waals surface area contributed by atoms with Gasteiger partial charge in [0.2, 0.25) is 0 Å². The standard InChI is InChI=1S/C24H20N2O5S/c1-30-18-11-9-16(14-19(18)31-2)21-20(17(27)10-8-15-6-4-3-5-7-15)22(28)23(29)26(21)24-25-12-13-32-24/h3-14,21,28H,1-2H3. The molecule has 0 aliphatic carbocycles. The number of aromatic nitrogens is 1. The molecule has 1 unspecified atom stereocenters. The number of rotatable bonds is 7. The quantitative estimate of drug-likeness (QED) is 0.541. The number of hydrogen-bond acceptors (Lipinski definition) is 7. The van der Waals surface area contributed by atoms with Crippen molar-refractivity contribution >= 4 is 34.2 Å². The van der Waals surface area contributed by atoms with E-state index in [4.69, 9.17) is 9.47 Å². The molecular weight excluding hydrogens is 428 g/mol. The normalized spacial score (nSPS) is 16.1. The summed E-state index contributed by atoms with van der Waals surface area (Å²) in [4.78, 5) is 31.7. The molecule has 1 atom stereocenters. The van der Waals surface area contributed by atoms with E-state index in [1.165, 1.54) is 36.5 Å². The van der Waals surface area contributed by atoms with Gasteiger partial charge in [0.05, 0.1) is 25.8 Å². The van der Waals surface area contributed by atoms with Crippen molar-refractivity contribution in [3.63, 3.8) is 0 Å². The highest BCUT2D eigenvalue weighted by Crippen LogP contribution is 2.43. The van der Waals surface area contributed by atoms with Crippen LogP contribution in [0.3, 0.4) is 0 Å². The molecule has 0 saturated carbocycles. The number of thiazole rings is 1. The zero-order valence-corrected chi connectivity index (χ0v) is 18.2. The number of aliphatic hydroxyl groups excluding tert-OH is 1. The number of carbonyl (C=O) groups is 2. The summed E-state index contributed by atoms with van der Waals surface area (Å²) in [6.07, 6.45) is 4.56. The zero-order chi connectivity index (χ0) is 22.7. The summed E-state index contributed by atoms with van der Waals surface area (Å²) in [5, 5.41) is 12.8. The lowest BCUT2D eigenvalue weighted by Crippen LogP contribution is -2.30. The fourth-order valence-corrected chi connectivity index (χ4v) is 4.22. The number of carbonyl (C=O) groups excluding carboxylic acids is 2. The second kappa shape index (κ2) is 9.07. The second-order valence-electron chi connectivity index (χ2n) is 6.88. The Kier molecular flexibility index (Phi) is 6.04. The van der Waals surface area contributed by atoms with Crippen LogP contribution >= 0.6 is 11.3 Å². The van der Waals surface area contributed by atoms with Crippen molar-refractivity contribution in [1.82, 2.24) is 4.98 Å². The number of ether oxygens (including phenoxy) is 2. The van der Waals surface area contributed by atoms with E-state index in [2.05, 4.69) is 4.98 Å². The molecule has 1 aromatic heterocycles. The van der Waals surface area contributed by atoms with Crippen LogP contribution in [0.5, 0.6) is 11.5 Å². The number of hydrogen-bond donors (Lipinski definition) is 1. The van der Waals surface area contributed by atoms with Crippen LogP contribution < -0.4 is 14.4 Å². The van der Waals surface area contributed by atoms with Gasteiger partial charge < -0.3 is 14.6 Å². The van der Waals surface area contributed by atoms with Crippen LogP contribution in [0.25, 0.3) is 6.08 Å². The molecule has 0 spiro atoms. The molecule has 1 N–H and O–H groups in total. The lowest BCUT2D eigenvalue weighted by Gasteiger charge is -2.24. The molecule has 1 aliphatic heterocycles. The molecule has 0 fully saturated rings. The molecule has 2 aromatic carbocycles. The van der Waals surface area contributed by atoms with Gasteiger partial charge in [-0.1, -0.05) is 42.5 Å². The summed E-state index contributed by atoms with van der Waals surface area (Å²) in [6.45, 7) is 0. The van der Waals surface area contributed by atoms with Crippen LogP contribution in [0.2, 0.25) is 0 Å². The number of ketones is 1. The molecule has 0 radical (unpaired) electrons. The van der Waals surface area contributed by atoms with Crippen molar-refractivity contribution < 1.29 is 24.2 Å². The average Bonchev–Trinajstić information content (AvgIpc) is 3.44. The summed E-state index contributed by atoms with van der Waals surface area (Å²) in [6, 6.07) is 13.5. The monoisotopic (exact) mass is 448 g/mol. The van der Waals surface area contributed by atoms with Crippen LogP contribution in [-0.2, 0) is 9.59 Å². The lowest BCUT2D eigenvalue weighted by atomic mass is 9.95. The van der Waals surface area contributed by atoms with Gasteiger partial charge in [0.15, 0.2) is 28.2 Å². The van der Waals surface area contributed by atoms with E-state index in [0.29, 0.717) is 22.2 Å². The number of nitrogens with zero attached hydrogens (tertiary/aromatic N) is 2. The number of aliphatic hydroxyl groups is 1. The van der Waals surface area contributed by atoms with Gasteiger partial charge in [0.25, 0.3) is 5.91 Å². The first-order valence-electron chi connectivity index (χ1n) is 9.70. The molecule has 0 bridgehead atoms. The number of amides is 1. The summed E-state index contributed by atoms with van der Waals surface area (Å²) in [5.74, 6) is -0.807. The maximum atomic E-state index is 13.2. The van der Waals surface area contributed by atoms with Gasteiger partial charge in [0, 0.05) is 11.6 Å². The van der Waals surface area contributed by atoms with Crippen LogP contribution in [0.15, 0.2) is 77.5 Å². The fraction of sp³-hybridized carbons (Fsp3) is 0.125. The largest absolute Gasteiger partial charge is 0.503 e. The van der Waals surface area contributed by atoms with Crippen LogP contribution in [0.4, 0.5) is 5.13 Å². The van der Waals surface area contributed by atoms with E-state index in [9.17, 15) is 14.7 Å². The second-order valence-corrected chi connectivity index (χ2v) is 7.75. The smallest absolute Gasteiger partial charge is 0.296 e. The van der Waals surface area contributed by atoms with Gasteiger partial charge in [0.1, 0.15) is 0 Å². The number of allylic oxidation sites excluding steroid dienone is 1. The highest BCUT2D eigenvalue weighted by atomic mass is 32.1. The molecule has 162 valence electrons. The number of anilines is 1. The van der Waals surface area contributed by atoms with Crippen molar-refractivity contribution in [1.29, 1.82) is 0 Å². The molecular formula is C24H20N2O5S. The Balaban J connectivity index is 1.80. The van der Waals surface area contributed by atoms with Gasteiger partial charge in [-0.2, -0.15) is 0 Å². The summed E-state index contributed by atoms with van der Waals surface area (Å²) in [5.41, 5.74) is 1.38. The lowest BCUT2D eigenvalue weighted by molar-refractivity contribution is -0.117. The summed E-state index contributed by atoms with van der Waals surface area (Å²) >= 11 is 1.24. The Labute approximate surface area is 188 Å². The predicted molar refractivity (Wildman–Crippen MR) is 122 cm³/mol. The molecule has 7 nitrogen and oxygen atoms in total. The SMILES string of the molecule is COc1ccc(C2C(C(=O)C=Cc3ccccc3)=C(O)C(=O)N2c2nccs2)cc1OC. The van der Waals surface area contributed by atoms with Gasteiger partial charge in [-0.15, -0.1) is 11.3 Å². The third-order valence-electron chi connectivity index (χ3n) is 5.05. The molecule has 8 heteroatoms. The van der Waals surface area contributed by atoms with E-state index in [1.54, 1.807) is 35.9 Å². The summed E-state index contributed by atoms with van der Waals surface area (Å²) < 4.78 is 10.7. The topological polar surface area (TPSA) is 89.0 Å². The first kappa shape index (κ1) is 21.3.